The normalized spacial score (nSPS) is 18.9. The minimum absolute atomic E-state index is 0.00459. The molecule has 4 heterocycles. The van der Waals surface area contributed by atoms with Gasteiger partial charge < -0.3 is 35.0 Å². The van der Waals surface area contributed by atoms with Crippen molar-refractivity contribution in [3.05, 3.63) is 64.9 Å². The zero-order valence-corrected chi connectivity index (χ0v) is 32.9. The Hall–Kier alpha value is -4.44. The number of β-amino-alcohol motifs (C(OH)–C–C–N with tert-alkyl or cyclic N) is 1. The van der Waals surface area contributed by atoms with Crippen molar-refractivity contribution in [1.29, 1.82) is 0 Å². The number of hydrogen-bond acceptors (Lipinski definition) is 12. The van der Waals surface area contributed by atoms with Gasteiger partial charge in [-0.3, -0.25) is 19.3 Å². The number of aliphatic hydroxyl groups is 1. The number of amides is 3. The first-order chi connectivity index (χ1) is 25.7. The SMILES string of the molecule is CCOC(=O)c1ccc(N2CCN(CCOCC(=O)NC(C(=O)N3C[C@H](O)C[C@H]3C(=O)N[C@@H](C)c3ccc(-c4scnc4C)cc3)C(C)(C)C)CC2)nc1. The van der Waals surface area contributed by atoms with Gasteiger partial charge in [-0.05, 0) is 49.4 Å². The third kappa shape index (κ3) is 10.4. The van der Waals surface area contributed by atoms with Crippen molar-refractivity contribution >= 4 is 40.8 Å². The third-order valence-electron chi connectivity index (χ3n) is 9.80. The molecule has 0 bridgehead atoms. The lowest BCUT2D eigenvalue weighted by Gasteiger charge is -2.36. The average molecular weight is 764 g/mol. The molecule has 2 saturated heterocycles. The van der Waals surface area contributed by atoms with Gasteiger partial charge in [0.1, 0.15) is 24.5 Å². The molecule has 2 fully saturated rings. The van der Waals surface area contributed by atoms with E-state index >= 15 is 0 Å². The number of carbonyl (C=O) groups excluding carboxylic acids is 4. The van der Waals surface area contributed by atoms with Crippen molar-refractivity contribution < 1.29 is 33.8 Å². The number of benzene rings is 1. The minimum atomic E-state index is -0.942. The number of aryl methyl sites for hydroxylation is 1. The van der Waals surface area contributed by atoms with Crippen LogP contribution in [0.1, 0.15) is 68.7 Å². The van der Waals surface area contributed by atoms with E-state index in [4.69, 9.17) is 9.47 Å². The van der Waals surface area contributed by atoms with Gasteiger partial charge in [-0.15, -0.1) is 11.3 Å². The summed E-state index contributed by atoms with van der Waals surface area (Å²) < 4.78 is 10.8. The first-order valence-electron chi connectivity index (χ1n) is 18.5. The van der Waals surface area contributed by atoms with Crippen LogP contribution in [0.25, 0.3) is 10.4 Å². The van der Waals surface area contributed by atoms with Crippen LogP contribution in [0, 0.1) is 12.3 Å². The van der Waals surface area contributed by atoms with Gasteiger partial charge >= 0.3 is 5.97 Å². The fraction of sp³-hybridized carbons (Fsp3) is 0.538. The summed E-state index contributed by atoms with van der Waals surface area (Å²) in [6.45, 7) is 15.3. The van der Waals surface area contributed by atoms with E-state index < -0.39 is 35.4 Å². The molecule has 0 radical (unpaired) electrons. The molecule has 3 aromatic rings. The van der Waals surface area contributed by atoms with E-state index in [9.17, 15) is 24.3 Å². The van der Waals surface area contributed by atoms with Crippen LogP contribution in [-0.4, -0.2) is 126 Å². The Morgan fingerprint density at radius 2 is 1.74 bits per heavy atom. The summed E-state index contributed by atoms with van der Waals surface area (Å²) in [5.74, 6) is -0.805. The number of thiazole rings is 1. The number of nitrogens with zero attached hydrogens (tertiary/aromatic N) is 5. The second kappa shape index (κ2) is 18.3. The van der Waals surface area contributed by atoms with Gasteiger partial charge in [0.25, 0.3) is 0 Å². The number of nitrogens with one attached hydrogen (secondary N) is 2. The van der Waals surface area contributed by atoms with E-state index in [0.717, 1.165) is 53.7 Å². The molecule has 292 valence electrons. The van der Waals surface area contributed by atoms with Gasteiger partial charge in [-0.1, -0.05) is 45.0 Å². The van der Waals surface area contributed by atoms with Crippen molar-refractivity contribution in [3.8, 4) is 10.4 Å². The van der Waals surface area contributed by atoms with Gasteiger partial charge in [0.2, 0.25) is 17.7 Å². The predicted molar refractivity (Wildman–Crippen MR) is 206 cm³/mol. The monoisotopic (exact) mass is 763 g/mol. The first-order valence-corrected chi connectivity index (χ1v) is 19.4. The highest BCUT2D eigenvalue weighted by molar-refractivity contribution is 7.13. The summed E-state index contributed by atoms with van der Waals surface area (Å²) in [5, 5.41) is 16.5. The summed E-state index contributed by atoms with van der Waals surface area (Å²) in [5.41, 5.74) is 4.49. The van der Waals surface area contributed by atoms with E-state index in [1.54, 1.807) is 24.3 Å². The van der Waals surface area contributed by atoms with E-state index in [1.165, 1.54) is 11.1 Å². The summed E-state index contributed by atoms with van der Waals surface area (Å²) in [4.78, 5) is 68.2. The fourth-order valence-electron chi connectivity index (χ4n) is 6.69. The van der Waals surface area contributed by atoms with Gasteiger partial charge in [0, 0.05) is 51.9 Å². The van der Waals surface area contributed by atoms with E-state index in [2.05, 4.69) is 30.4 Å². The Balaban J connectivity index is 1.08. The van der Waals surface area contributed by atoms with Crippen LogP contribution in [0.5, 0.6) is 0 Å². The van der Waals surface area contributed by atoms with E-state index in [0.29, 0.717) is 25.3 Å². The Morgan fingerprint density at radius 1 is 1.02 bits per heavy atom. The molecule has 4 atom stereocenters. The maximum Gasteiger partial charge on any atom is 0.339 e. The number of carbonyl (C=O) groups is 4. The van der Waals surface area contributed by atoms with Gasteiger partial charge in [0.05, 0.1) is 47.0 Å². The number of aliphatic hydroxyl groups excluding tert-OH is 1. The number of esters is 1. The van der Waals surface area contributed by atoms with Gasteiger partial charge in [0.15, 0.2) is 0 Å². The molecule has 1 unspecified atom stereocenters. The maximum atomic E-state index is 14.0. The Bertz CT molecular complexity index is 1740. The molecule has 2 aliphatic rings. The number of pyridine rings is 1. The number of hydrogen-bond donors (Lipinski definition) is 3. The molecule has 54 heavy (non-hydrogen) atoms. The molecule has 0 spiro atoms. The molecule has 15 heteroatoms. The van der Waals surface area contributed by atoms with Crippen molar-refractivity contribution in [2.24, 2.45) is 5.41 Å². The highest BCUT2D eigenvalue weighted by atomic mass is 32.1. The lowest BCUT2D eigenvalue weighted by atomic mass is 9.85. The zero-order chi connectivity index (χ0) is 39.0. The van der Waals surface area contributed by atoms with Crippen LogP contribution in [-0.2, 0) is 23.9 Å². The number of anilines is 1. The molecular weight excluding hydrogens is 711 g/mol. The van der Waals surface area contributed by atoms with Crippen LogP contribution in [0.15, 0.2) is 48.1 Å². The number of ether oxygens (including phenoxy) is 2. The zero-order valence-electron chi connectivity index (χ0n) is 32.0. The van der Waals surface area contributed by atoms with Crippen LogP contribution in [0.3, 0.4) is 0 Å². The summed E-state index contributed by atoms with van der Waals surface area (Å²) in [7, 11) is 0. The Morgan fingerprint density at radius 3 is 2.35 bits per heavy atom. The summed E-state index contributed by atoms with van der Waals surface area (Å²) >= 11 is 1.58. The number of piperazine rings is 1. The topological polar surface area (TPSA) is 167 Å². The first kappa shape index (κ1) is 40.7. The highest BCUT2D eigenvalue weighted by Crippen LogP contribution is 2.29. The largest absolute Gasteiger partial charge is 0.462 e. The molecular formula is C39H53N7O7S. The lowest BCUT2D eigenvalue weighted by molar-refractivity contribution is -0.144. The predicted octanol–water partition coefficient (Wildman–Crippen LogP) is 3.20. The maximum absolute atomic E-state index is 14.0. The fourth-order valence-corrected chi connectivity index (χ4v) is 7.50. The molecule has 3 N–H and O–H groups in total. The van der Waals surface area contributed by atoms with Crippen molar-refractivity contribution in [3.63, 3.8) is 0 Å². The highest BCUT2D eigenvalue weighted by Gasteiger charge is 2.44. The average Bonchev–Trinajstić information content (AvgIpc) is 3.77. The van der Waals surface area contributed by atoms with Crippen molar-refractivity contribution in [1.82, 2.24) is 30.4 Å². The number of aromatic nitrogens is 2. The van der Waals surface area contributed by atoms with Crippen LogP contribution < -0.4 is 15.5 Å². The minimum Gasteiger partial charge on any atom is -0.462 e. The van der Waals surface area contributed by atoms with Crippen molar-refractivity contribution in [2.45, 2.75) is 72.2 Å². The third-order valence-corrected chi connectivity index (χ3v) is 10.8. The Kier molecular flexibility index (Phi) is 13.8. The second-order valence-corrected chi connectivity index (χ2v) is 15.7. The standard InChI is InChI=1S/C39H53N7O7S/c1-7-53-38(51)29-12-13-32(40-21-29)45-16-14-44(15-17-45)18-19-52-23-33(48)43-35(39(4,5)6)37(50)46-22-30(47)20-31(46)36(49)42-25(2)27-8-10-28(11-9-27)34-26(3)41-24-54-34/h8-13,21,24-25,30-31,35,47H,7,14-20,22-23H2,1-6H3,(H,42,49)(H,43,48)/t25-,30+,31-,35?/m0/s1. The number of likely N-dealkylation sites (tertiary alicyclic amines) is 1. The van der Waals surface area contributed by atoms with E-state index in [-0.39, 0.29) is 37.5 Å². The van der Waals surface area contributed by atoms with Crippen LogP contribution in [0.2, 0.25) is 0 Å². The van der Waals surface area contributed by atoms with Gasteiger partial charge in [-0.2, -0.15) is 0 Å². The molecule has 5 rings (SSSR count). The van der Waals surface area contributed by atoms with Crippen LogP contribution in [0.4, 0.5) is 5.82 Å². The van der Waals surface area contributed by atoms with Gasteiger partial charge in [-0.25, -0.2) is 14.8 Å². The lowest BCUT2D eigenvalue weighted by Crippen LogP contribution is -2.58. The molecule has 0 saturated carbocycles. The Labute approximate surface area is 321 Å². The molecule has 14 nitrogen and oxygen atoms in total. The molecule has 3 amide bonds. The molecule has 0 aliphatic carbocycles. The summed E-state index contributed by atoms with van der Waals surface area (Å²) in [6.07, 6.45) is 0.777. The molecule has 2 aliphatic heterocycles. The molecule has 1 aromatic carbocycles. The summed E-state index contributed by atoms with van der Waals surface area (Å²) in [6, 6.07) is 9.33. The van der Waals surface area contributed by atoms with Crippen LogP contribution >= 0.6 is 11.3 Å². The second-order valence-electron chi connectivity index (χ2n) is 14.9. The van der Waals surface area contributed by atoms with E-state index in [1.807, 2.05) is 70.5 Å². The number of rotatable bonds is 14. The van der Waals surface area contributed by atoms with Crippen molar-refractivity contribution in [2.75, 3.05) is 64.0 Å². The molecule has 2 aromatic heterocycles. The quantitative estimate of drug-likeness (QED) is 0.163. The smallest absolute Gasteiger partial charge is 0.339 e.